The van der Waals surface area contributed by atoms with Crippen LogP contribution in [0.25, 0.3) is 0 Å². The van der Waals surface area contributed by atoms with Crippen molar-refractivity contribution in [3.63, 3.8) is 0 Å². The van der Waals surface area contributed by atoms with Crippen LogP contribution < -0.4 is 4.90 Å². The number of quaternary nitrogens is 1. The van der Waals surface area contributed by atoms with Crippen LogP contribution in [0.3, 0.4) is 0 Å². The van der Waals surface area contributed by atoms with Crippen molar-refractivity contribution in [2.75, 3.05) is 13.1 Å². The largest absolute Gasteiger partial charge is 0.416 e. The van der Waals surface area contributed by atoms with Crippen LogP contribution >= 0.6 is 0 Å². The number of tetrazole rings is 1. The number of aromatic nitrogens is 4. The molecule has 8 heteroatoms. The Kier molecular flexibility index (Phi) is 5.79. The van der Waals surface area contributed by atoms with Gasteiger partial charge in [0.1, 0.15) is 0 Å². The topological polar surface area (TPSA) is 48.0 Å². The van der Waals surface area contributed by atoms with Crippen LogP contribution in [0.2, 0.25) is 0 Å². The molecule has 0 saturated carbocycles. The lowest BCUT2D eigenvalue weighted by Gasteiger charge is -2.35. The molecule has 1 saturated heterocycles. The number of hydrogen-bond acceptors (Lipinski definition) is 3. The van der Waals surface area contributed by atoms with Gasteiger partial charge in [-0.25, -0.2) is 4.68 Å². The Bertz CT molecular complexity index is 799. The third kappa shape index (κ3) is 4.21. The second-order valence-electron chi connectivity index (χ2n) is 8.53. The van der Waals surface area contributed by atoms with Crippen molar-refractivity contribution in [3.8, 4) is 0 Å². The minimum Gasteiger partial charge on any atom is -0.322 e. The molecule has 5 nitrogen and oxygen atoms in total. The molecule has 1 aromatic carbocycles. The number of halogens is 3. The summed E-state index contributed by atoms with van der Waals surface area (Å²) in [7, 11) is 0. The van der Waals surface area contributed by atoms with E-state index in [4.69, 9.17) is 0 Å². The van der Waals surface area contributed by atoms with Crippen molar-refractivity contribution in [1.29, 1.82) is 0 Å². The fourth-order valence-electron chi connectivity index (χ4n) is 4.01. The highest BCUT2D eigenvalue weighted by molar-refractivity contribution is 5.30. The summed E-state index contributed by atoms with van der Waals surface area (Å²) in [6.07, 6.45) is -1.37. The Hall–Kier alpha value is -1.96. The van der Waals surface area contributed by atoms with Crippen molar-refractivity contribution < 1.29 is 18.1 Å². The summed E-state index contributed by atoms with van der Waals surface area (Å²) < 4.78 is 41.8. The van der Waals surface area contributed by atoms with E-state index in [0.29, 0.717) is 17.3 Å². The molecule has 1 aliphatic heterocycles. The van der Waals surface area contributed by atoms with Gasteiger partial charge in [0.25, 0.3) is 0 Å². The van der Waals surface area contributed by atoms with Gasteiger partial charge in [-0.3, -0.25) is 0 Å². The molecule has 3 rings (SSSR count). The third-order valence-corrected chi connectivity index (χ3v) is 5.95. The van der Waals surface area contributed by atoms with Crippen molar-refractivity contribution >= 4 is 0 Å². The summed E-state index contributed by atoms with van der Waals surface area (Å²) in [5, 5.41) is 12.4. The van der Waals surface area contributed by atoms with Crippen molar-refractivity contribution in [1.82, 2.24) is 20.2 Å². The van der Waals surface area contributed by atoms with Gasteiger partial charge < -0.3 is 4.90 Å². The zero-order chi connectivity index (χ0) is 20.5. The predicted molar refractivity (Wildman–Crippen MR) is 99.8 cm³/mol. The number of rotatable bonds is 5. The monoisotopic (exact) mass is 396 g/mol. The summed E-state index contributed by atoms with van der Waals surface area (Å²) in [4.78, 5) is 1.22. The highest BCUT2D eigenvalue weighted by Gasteiger charge is 2.38. The van der Waals surface area contributed by atoms with Crippen molar-refractivity contribution in [2.24, 2.45) is 5.92 Å². The zero-order valence-corrected chi connectivity index (χ0v) is 16.9. The fourth-order valence-corrected chi connectivity index (χ4v) is 4.01. The number of nitrogens with zero attached hydrogens (tertiary/aromatic N) is 4. The Morgan fingerprint density at radius 2 is 2.04 bits per heavy atom. The molecule has 154 valence electrons. The average molecular weight is 396 g/mol. The van der Waals surface area contributed by atoms with E-state index >= 15 is 0 Å². The molecule has 1 unspecified atom stereocenters. The normalized spacial score (nSPS) is 22.2. The van der Waals surface area contributed by atoms with Crippen LogP contribution in [0.5, 0.6) is 0 Å². The highest BCUT2D eigenvalue weighted by Crippen LogP contribution is 2.32. The summed E-state index contributed by atoms with van der Waals surface area (Å²) in [6.45, 7) is 10.1. The Morgan fingerprint density at radius 1 is 1.29 bits per heavy atom. The van der Waals surface area contributed by atoms with Gasteiger partial charge in [0.05, 0.1) is 24.2 Å². The molecule has 2 aromatic rings. The van der Waals surface area contributed by atoms with Crippen LogP contribution in [0.1, 0.15) is 70.0 Å². The van der Waals surface area contributed by atoms with Crippen LogP contribution in [0.4, 0.5) is 13.2 Å². The van der Waals surface area contributed by atoms with Gasteiger partial charge in [-0.1, -0.05) is 26.0 Å². The van der Waals surface area contributed by atoms with Gasteiger partial charge in [0.15, 0.2) is 6.04 Å². The number of piperidine rings is 1. The second-order valence-corrected chi connectivity index (χ2v) is 8.53. The van der Waals surface area contributed by atoms with Crippen molar-refractivity contribution in [3.05, 3.63) is 41.2 Å². The maximum absolute atomic E-state index is 13.3. The first-order valence-corrected chi connectivity index (χ1v) is 9.94. The average Bonchev–Trinajstić information content (AvgIpc) is 3.12. The van der Waals surface area contributed by atoms with Crippen LogP contribution in [-0.4, -0.2) is 33.3 Å². The molecular formula is C20H29F3N5+. The van der Waals surface area contributed by atoms with E-state index in [1.807, 2.05) is 13.8 Å². The summed E-state index contributed by atoms with van der Waals surface area (Å²) in [5.41, 5.74) is -0.338. The molecule has 28 heavy (non-hydrogen) atoms. The van der Waals surface area contributed by atoms with Gasteiger partial charge >= 0.3 is 6.18 Å². The fraction of sp³-hybridized carbons (Fsp3) is 0.650. The number of likely N-dealkylation sites (tertiary alicyclic amines) is 1. The molecule has 1 aliphatic rings. The van der Waals surface area contributed by atoms with Gasteiger partial charge in [-0.05, 0) is 55.7 Å². The van der Waals surface area contributed by atoms with Crippen LogP contribution in [-0.2, 0) is 11.7 Å². The SMILES string of the molecule is CCC(C)(C)n1nnnc1[C@@H](c1cccc(C(F)(F)F)c1)[NH+]1CCC[C@H](C)C1. The smallest absolute Gasteiger partial charge is 0.322 e. The lowest BCUT2D eigenvalue weighted by atomic mass is 9.94. The molecular weight excluding hydrogens is 367 g/mol. The molecule has 1 fully saturated rings. The Morgan fingerprint density at radius 3 is 2.68 bits per heavy atom. The quantitative estimate of drug-likeness (QED) is 0.844. The maximum atomic E-state index is 13.3. The van der Waals surface area contributed by atoms with Gasteiger partial charge in [-0.15, -0.1) is 5.10 Å². The number of nitrogens with one attached hydrogen (secondary N) is 1. The lowest BCUT2D eigenvalue weighted by Crippen LogP contribution is -3.14. The van der Waals surface area contributed by atoms with Gasteiger partial charge in [0, 0.05) is 11.5 Å². The Balaban J connectivity index is 2.11. The molecule has 0 amide bonds. The van der Waals surface area contributed by atoms with E-state index in [0.717, 1.165) is 38.4 Å². The predicted octanol–water partition coefficient (Wildman–Crippen LogP) is 3.24. The van der Waals surface area contributed by atoms with E-state index in [2.05, 4.69) is 29.4 Å². The molecule has 3 atom stereocenters. The van der Waals surface area contributed by atoms with E-state index < -0.39 is 11.7 Å². The molecule has 1 aromatic heterocycles. The van der Waals surface area contributed by atoms with E-state index in [1.165, 1.54) is 17.0 Å². The van der Waals surface area contributed by atoms with E-state index in [1.54, 1.807) is 10.7 Å². The standard InChI is InChI=1S/C20H28F3N5/c1-5-19(3,4)28-18(24-25-26-28)17(27-11-7-8-14(2)13-27)15-9-6-10-16(12-15)20(21,22)23/h6,9-10,12,14,17H,5,7-8,11,13H2,1-4H3/p+1/t14-,17+/m0/s1. The third-order valence-electron chi connectivity index (χ3n) is 5.95. The molecule has 0 bridgehead atoms. The highest BCUT2D eigenvalue weighted by atomic mass is 19.4. The second kappa shape index (κ2) is 7.81. The first-order valence-electron chi connectivity index (χ1n) is 9.94. The summed E-state index contributed by atoms with van der Waals surface area (Å²) in [5.74, 6) is 1.15. The number of hydrogen-bond donors (Lipinski definition) is 1. The van der Waals surface area contributed by atoms with Gasteiger partial charge in [-0.2, -0.15) is 13.2 Å². The number of benzene rings is 1. The minimum atomic E-state index is -4.38. The first kappa shape index (κ1) is 20.8. The summed E-state index contributed by atoms with van der Waals surface area (Å²) in [6, 6.07) is 5.30. The first-order chi connectivity index (χ1) is 13.1. The number of alkyl halides is 3. The minimum absolute atomic E-state index is 0.320. The molecule has 0 spiro atoms. The Labute approximate surface area is 163 Å². The van der Waals surface area contributed by atoms with Crippen LogP contribution in [0.15, 0.2) is 24.3 Å². The van der Waals surface area contributed by atoms with Crippen LogP contribution in [0, 0.1) is 5.92 Å². The molecule has 2 heterocycles. The molecule has 0 radical (unpaired) electrons. The zero-order valence-electron chi connectivity index (χ0n) is 16.9. The van der Waals surface area contributed by atoms with Gasteiger partial charge in [0.2, 0.25) is 5.82 Å². The van der Waals surface area contributed by atoms with E-state index in [9.17, 15) is 13.2 Å². The summed E-state index contributed by atoms with van der Waals surface area (Å²) >= 11 is 0. The van der Waals surface area contributed by atoms with E-state index in [-0.39, 0.29) is 11.6 Å². The lowest BCUT2D eigenvalue weighted by molar-refractivity contribution is -0.934. The van der Waals surface area contributed by atoms with Crippen molar-refractivity contribution in [2.45, 2.75) is 64.7 Å². The maximum Gasteiger partial charge on any atom is 0.416 e. The molecule has 1 N–H and O–H groups in total. The molecule has 0 aliphatic carbocycles.